The van der Waals surface area contributed by atoms with E-state index in [0.717, 1.165) is 29.3 Å². The SMILES string of the molecule is CC(C)C1CN(C2CC3(CCN(C(C)C)CC3)C2)C1. The third-order valence-corrected chi connectivity index (χ3v) is 6.32. The van der Waals surface area contributed by atoms with Gasteiger partial charge in [0.15, 0.2) is 0 Å². The first-order chi connectivity index (χ1) is 8.99. The van der Waals surface area contributed by atoms with E-state index in [-0.39, 0.29) is 0 Å². The molecule has 2 nitrogen and oxygen atoms in total. The number of nitrogens with zero attached hydrogens (tertiary/aromatic N) is 2. The summed E-state index contributed by atoms with van der Waals surface area (Å²) in [4.78, 5) is 5.43. The molecular formula is C17H32N2. The van der Waals surface area contributed by atoms with E-state index in [1.807, 2.05) is 0 Å². The predicted molar refractivity (Wildman–Crippen MR) is 81.3 cm³/mol. The highest BCUT2D eigenvalue weighted by atomic mass is 15.2. The predicted octanol–water partition coefficient (Wildman–Crippen LogP) is 3.23. The van der Waals surface area contributed by atoms with Crippen LogP contribution in [0.5, 0.6) is 0 Å². The van der Waals surface area contributed by atoms with Crippen molar-refractivity contribution in [3.8, 4) is 0 Å². The minimum absolute atomic E-state index is 0.746. The summed E-state index contributed by atoms with van der Waals surface area (Å²) < 4.78 is 0. The molecule has 0 bridgehead atoms. The molecule has 3 aliphatic rings. The maximum Gasteiger partial charge on any atom is 0.0106 e. The average Bonchev–Trinajstić information content (AvgIpc) is 2.24. The zero-order valence-electron chi connectivity index (χ0n) is 13.4. The molecule has 110 valence electrons. The van der Waals surface area contributed by atoms with Crippen LogP contribution < -0.4 is 0 Å². The molecule has 2 heterocycles. The lowest BCUT2D eigenvalue weighted by atomic mass is 9.59. The van der Waals surface area contributed by atoms with Crippen LogP contribution in [0.3, 0.4) is 0 Å². The van der Waals surface area contributed by atoms with Gasteiger partial charge in [-0.1, -0.05) is 13.8 Å². The van der Waals surface area contributed by atoms with Gasteiger partial charge in [0, 0.05) is 25.2 Å². The summed E-state index contributed by atoms with van der Waals surface area (Å²) >= 11 is 0. The Morgan fingerprint density at radius 1 is 0.947 bits per heavy atom. The summed E-state index contributed by atoms with van der Waals surface area (Å²) in [5.74, 6) is 1.87. The van der Waals surface area contributed by atoms with Gasteiger partial charge >= 0.3 is 0 Å². The normalized spacial score (nSPS) is 30.0. The average molecular weight is 264 g/mol. The second kappa shape index (κ2) is 5.04. The summed E-state index contributed by atoms with van der Waals surface area (Å²) in [5.41, 5.74) is 0.749. The number of hydrogen-bond acceptors (Lipinski definition) is 2. The van der Waals surface area contributed by atoms with Crippen molar-refractivity contribution < 1.29 is 0 Å². The fraction of sp³-hybridized carbons (Fsp3) is 1.00. The van der Waals surface area contributed by atoms with Crippen LogP contribution in [0.4, 0.5) is 0 Å². The number of piperidine rings is 1. The molecule has 19 heavy (non-hydrogen) atoms. The molecule has 0 radical (unpaired) electrons. The van der Waals surface area contributed by atoms with Gasteiger partial charge in [0.25, 0.3) is 0 Å². The zero-order chi connectivity index (χ0) is 13.6. The second-order valence-electron chi connectivity index (χ2n) is 8.15. The van der Waals surface area contributed by atoms with E-state index in [4.69, 9.17) is 0 Å². The molecule has 2 saturated heterocycles. The van der Waals surface area contributed by atoms with Gasteiger partial charge in [-0.2, -0.15) is 0 Å². The van der Waals surface area contributed by atoms with Gasteiger partial charge < -0.3 is 4.90 Å². The van der Waals surface area contributed by atoms with Crippen molar-refractivity contribution in [1.29, 1.82) is 0 Å². The lowest BCUT2D eigenvalue weighted by molar-refractivity contribution is -0.0889. The largest absolute Gasteiger partial charge is 0.301 e. The van der Waals surface area contributed by atoms with Crippen molar-refractivity contribution in [1.82, 2.24) is 9.80 Å². The first-order valence-electron chi connectivity index (χ1n) is 8.47. The summed E-state index contributed by atoms with van der Waals surface area (Å²) in [6, 6.07) is 1.69. The maximum absolute atomic E-state index is 2.77. The monoisotopic (exact) mass is 264 g/mol. The van der Waals surface area contributed by atoms with Crippen molar-refractivity contribution in [3.63, 3.8) is 0 Å². The molecule has 1 aliphatic carbocycles. The molecule has 0 aromatic carbocycles. The van der Waals surface area contributed by atoms with E-state index >= 15 is 0 Å². The van der Waals surface area contributed by atoms with Gasteiger partial charge in [-0.25, -0.2) is 0 Å². The van der Waals surface area contributed by atoms with Gasteiger partial charge in [-0.15, -0.1) is 0 Å². The number of hydrogen-bond donors (Lipinski definition) is 0. The molecule has 3 fully saturated rings. The van der Waals surface area contributed by atoms with Crippen molar-refractivity contribution in [2.75, 3.05) is 26.2 Å². The third-order valence-electron chi connectivity index (χ3n) is 6.32. The highest BCUT2D eigenvalue weighted by Gasteiger charge is 2.50. The Bertz CT molecular complexity index is 301. The quantitative estimate of drug-likeness (QED) is 0.772. The van der Waals surface area contributed by atoms with Crippen LogP contribution in [0.15, 0.2) is 0 Å². The summed E-state index contributed by atoms with van der Waals surface area (Å²) in [6.07, 6.45) is 5.93. The maximum atomic E-state index is 2.77. The standard InChI is InChI=1S/C17H32N2/c1-13(2)15-11-19(12-15)16-9-17(10-16)5-7-18(8-6-17)14(3)4/h13-16H,5-12H2,1-4H3. The first-order valence-corrected chi connectivity index (χ1v) is 8.47. The van der Waals surface area contributed by atoms with Crippen molar-refractivity contribution in [2.24, 2.45) is 17.3 Å². The molecule has 1 spiro atoms. The minimum atomic E-state index is 0.746. The molecule has 0 aromatic heterocycles. The highest BCUT2D eigenvalue weighted by Crippen LogP contribution is 2.52. The molecule has 0 N–H and O–H groups in total. The Labute approximate surface area is 119 Å². The Hall–Kier alpha value is -0.0800. The molecule has 0 aromatic rings. The van der Waals surface area contributed by atoms with E-state index in [1.165, 1.54) is 51.9 Å². The van der Waals surface area contributed by atoms with Crippen LogP contribution in [-0.2, 0) is 0 Å². The second-order valence-corrected chi connectivity index (χ2v) is 8.15. The Morgan fingerprint density at radius 3 is 2.00 bits per heavy atom. The lowest BCUT2D eigenvalue weighted by Crippen LogP contribution is -2.62. The first kappa shape index (κ1) is 13.9. The summed E-state index contributed by atoms with van der Waals surface area (Å²) in [5, 5.41) is 0. The molecule has 0 amide bonds. The smallest absolute Gasteiger partial charge is 0.0106 e. The van der Waals surface area contributed by atoms with Crippen LogP contribution in [0.1, 0.15) is 53.4 Å². The van der Waals surface area contributed by atoms with E-state index in [9.17, 15) is 0 Å². The van der Waals surface area contributed by atoms with Crippen LogP contribution >= 0.6 is 0 Å². The zero-order valence-corrected chi connectivity index (χ0v) is 13.4. The Morgan fingerprint density at radius 2 is 1.53 bits per heavy atom. The van der Waals surface area contributed by atoms with Gasteiger partial charge in [-0.05, 0) is 69.9 Å². The van der Waals surface area contributed by atoms with Gasteiger partial charge in [0.05, 0.1) is 0 Å². The van der Waals surface area contributed by atoms with Gasteiger partial charge in [0.1, 0.15) is 0 Å². The lowest BCUT2D eigenvalue weighted by Gasteiger charge is -2.59. The molecular weight excluding hydrogens is 232 g/mol. The van der Waals surface area contributed by atoms with Crippen molar-refractivity contribution in [2.45, 2.75) is 65.5 Å². The third kappa shape index (κ3) is 2.58. The molecule has 0 unspecified atom stereocenters. The number of likely N-dealkylation sites (tertiary alicyclic amines) is 2. The topological polar surface area (TPSA) is 6.48 Å². The Balaban J connectivity index is 1.41. The Kier molecular flexibility index (Phi) is 3.68. The molecule has 3 rings (SSSR count). The molecule has 2 heteroatoms. The molecule has 0 atom stereocenters. The molecule has 2 aliphatic heterocycles. The van der Waals surface area contributed by atoms with E-state index in [2.05, 4.69) is 37.5 Å². The van der Waals surface area contributed by atoms with E-state index < -0.39 is 0 Å². The minimum Gasteiger partial charge on any atom is -0.301 e. The van der Waals surface area contributed by atoms with Crippen molar-refractivity contribution in [3.05, 3.63) is 0 Å². The highest BCUT2D eigenvalue weighted by molar-refractivity contribution is 5.03. The van der Waals surface area contributed by atoms with E-state index in [0.29, 0.717) is 0 Å². The summed E-state index contributed by atoms with van der Waals surface area (Å²) in [6.45, 7) is 14.9. The fourth-order valence-electron chi connectivity index (χ4n) is 4.39. The van der Waals surface area contributed by atoms with Crippen LogP contribution in [0.25, 0.3) is 0 Å². The van der Waals surface area contributed by atoms with Crippen LogP contribution in [0, 0.1) is 17.3 Å². The van der Waals surface area contributed by atoms with Crippen LogP contribution in [0.2, 0.25) is 0 Å². The fourth-order valence-corrected chi connectivity index (χ4v) is 4.39. The van der Waals surface area contributed by atoms with E-state index in [1.54, 1.807) is 0 Å². The van der Waals surface area contributed by atoms with Gasteiger partial charge in [0.2, 0.25) is 0 Å². The van der Waals surface area contributed by atoms with Crippen LogP contribution in [-0.4, -0.2) is 48.1 Å². The van der Waals surface area contributed by atoms with Gasteiger partial charge in [-0.3, -0.25) is 4.90 Å². The summed E-state index contributed by atoms with van der Waals surface area (Å²) in [7, 11) is 0. The van der Waals surface area contributed by atoms with Crippen molar-refractivity contribution >= 4 is 0 Å². The number of rotatable bonds is 3. The molecule has 1 saturated carbocycles.